The first-order valence-corrected chi connectivity index (χ1v) is 8.36. The van der Waals surface area contributed by atoms with Gasteiger partial charge in [0.1, 0.15) is 0 Å². The quantitative estimate of drug-likeness (QED) is 0.502. The smallest absolute Gasteiger partial charge is 0.310 e. The molecule has 1 aromatic carbocycles. The molecule has 1 fully saturated rings. The van der Waals surface area contributed by atoms with Gasteiger partial charge >= 0.3 is 5.97 Å². The second-order valence-electron chi connectivity index (χ2n) is 6.24. The number of methoxy groups -OCH3 is 1. The lowest BCUT2D eigenvalue weighted by Gasteiger charge is -2.24. The van der Waals surface area contributed by atoms with Crippen molar-refractivity contribution in [3.8, 4) is 0 Å². The highest BCUT2D eigenvalue weighted by molar-refractivity contribution is 5.82. The van der Waals surface area contributed by atoms with E-state index in [1.165, 1.54) is 12.8 Å². The summed E-state index contributed by atoms with van der Waals surface area (Å²) in [6.07, 6.45) is 0. The number of para-hydroxylation sites is 1. The first-order valence-electron chi connectivity index (χ1n) is 8.36. The summed E-state index contributed by atoms with van der Waals surface area (Å²) in [5.41, 5.74) is 1.19. The van der Waals surface area contributed by atoms with Gasteiger partial charge < -0.3 is 19.9 Å². The summed E-state index contributed by atoms with van der Waals surface area (Å²) in [4.78, 5) is 20.5. The Hall–Kier alpha value is -2.24. The standard InChI is InChI=1S/C18H28N4O2/c1-14-12-22(13-16(14)17(23)24-4)18(19-2)20-10-11-21(3)15-8-6-5-7-9-15/h5-9,14,16H,10-13H2,1-4H3,(H,19,20). The molecular weight excluding hydrogens is 304 g/mol. The van der Waals surface area contributed by atoms with Crippen LogP contribution in [0.3, 0.4) is 0 Å². The van der Waals surface area contributed by atoms with Crippen molar-refractivity contribution in [1.82, 2.24) is 10.2 Å². The van der Waals surface area contributed by atoms with Gasteiger partial charge in [0.2, 0.25) is 0 Å². The molecule has 1 aromatic rings. The van der Waals surface area contributed by atoms with Crippen LogP contribution < -0.4 is 10.2 Å². The summed E-state index contributed by atoms with van der Waals surface area (Å²) < 4.78 is 4.90. The Morgan fingerprint density at radius 1 is 1.38 bits per heavy atom. The van der Waals surface area contributed by atoms with Crippen molar-refractivity contribution in [2.45, 2.75) is 6.92 Å². The summed E-state index contributed by atoms with van der Waals surface area (Å²) in [5.74, 6) is 0.891. The molecule has 2 unspecified atom stereocenters. The van der Waals surface area contributed by atoms with Gasteiger partial charge in [-0.05, 0) is 18.1 Å². The Kier molecular flexibility index (Phi) is 6.46. The first-order chi connectivity index (χ1) is 11.6. The zero-order chi connectivity index (χ0) is 17.5. The van der Waals surface area contributed by atoms with Gasteiger partial charge in [-0.25, -0.2) is 0 Å². The maximum atomic E-state index is 11.8. The SMILES string of the molecule is CN=C(NCCN(C)c1ccccc1)N1CC(C)C(C(=O)OC)C1. The second-order valence-corrected chi connectivity index (χ2v) is 6.24. The molecule has 0 aliphatic carbocycles. The monoisotopic (exact) mass is 332 g/mol. The highest BCUT2D eigenvalue weighted by atomic mass is 16.5. The van der Waals surface area contributed by atoms with Crippen molar-refractivity contribution in [3.63, 3.8) is 0 Å². The molecule has 1 heterocycles. The number of esters is 1. The Balaban J connectivity index is 1.84. The lowest BCUT2D eigenvalue weighted by atomic mass is 9.99. The van der Waals surface area contributed by atoms with Gasteiger partial charge in [0.05, 0.1) is 13.0 Å². The van der Waals surface area contributed by atoms with Crippen LogP contribution in [0.4, 0.5) is 5.69 Å². The third-order valence-electron chi connectivity index (χ3n) is 4.55. The number of benzene rings is 1. The second kappa shape index (κ2) is 8.57. The Labute approximate surface area is 144 Å². The lowest BCUT2D eigenvalue weighted by Crippen LogP contribution is -2.43. The average molecular weight is 332 g/mol. The van der Waals surface area contributed by atoms with Crippen LogP contribution in [0.1, 0.15) is 6.92 Å². The maximum absolute atomic E-state index is 11.8. The van der Waals surface area contributed by atoms with E-state index in [0.29, 0.717) is 6.54 Å². The zero-order valence-corrected chi connectivity index (χ0v) is 15.0. The van der Waals surface area contributed by atoms with Crippen LogP contribution in [0.2, 0.25) is 0 Å². The number of carbonyl (C=O) groups is 1. The van der Waals surface area contributed by atoms with E-state index in [0.717, 1.165) is 25.6 Å². The van der Waals surface area contributed by atoms with Gasteiger partial charge in [0.15, 0.2) is 5.96 Å². The van der Waals surface area contributed by atoms with E-state index in [1.807, 2.05) is 18.2 Å². The van der Waals surface area contributed by atoms with Gasteiger partial charge in [-0.15, -0.1) is 0 Å². The van der Waals surface area contributed by atoms with E-state index in [1.54, 1.807) is 7.05 Å². The number of hydrogen-bond donors (Lipinski definition) is 1. The Morgan fingerprint density at radius 3 is 2.71 bits per heavy atom. The predicted octanol–water partition coefficient (Wildman–Crippen LogP) is 1.44. The molecule has 0 aromatic heterocycles. The van der Waals surface area contributed by atoms with Gasteiger partial charge in [-0.2, -0.15) is 0 Å². The number of likely N-dealkylation sites (N-methyl/N-ethyl adjacent to an activating group) is 1. The van der Waals surface area contributed by atoms with Crippen LogP contribution >= 0.6 is 0 Å². The molecule has 2 atom stereocenters. The number of guanidine groups is 1. The van der Waals surface area contributed by atoms with Crippen molar-refractivity contribution < 1.29 is 9.53 Å². The Bertz CT molecular complexity index is 561. The fraction of sp³-hybridized carbons (Fsp3) is 0.556. The number of anilines is 1. The topological polar surface area (TPSA) is 57.2 Å². The highest BCUT2D eigenvalue weighted by Gasteiger charge is 2.36. The number of aliphatic imine (C=N–C) groups is 1. The highest BCUT2D eigenvalue weighted by Crippen LogP contribution is 2.24. The predicted molar refractivity (Wildman–Crippen MR) is 97.3 cm³/mol. The number of nitrogens with zero attached hydrogens (tertiary/aromatic N) is 3. The molecule has 0 spiro atoms. The molecule has 0 amide bonds. The number of rotatable bonds is 5. The number of likely N-dealkylation sites (tertiary alicyclic amines) is 1. The minimum Gasteiger partial charge on any atom is -0.469 e. The average Bonchev–Trinajstić information content (AvgIpc) is 3.00. The molecule has 24 heavy (non-hydrogen) atoms. The van der Waals surface area contributed by atoms with Crippen LogP contribution in [0.15, 0.2) is 35.3 Å². The van der Waals surface area contributed by atoms with Crippen molar-refractivity contribution in [2.75, 3.05) is 52.3 Å². The molecule has 1 aliphatic rings. The summed E-state index contributed by atoms with van der Waals surface area (Å²) in [6.45, 7) is 5.20. The largest absolute Gasteiger partial charge is 0.469 e. The van der Waals surface area contributed by atoms with Gasteiger partial charge in [-0.1, -0.05) is 25.1 Å². The van der Waals surface area contributed by atoms with Crippen LogP contribution in [-0.2, 0) is 9.53 Å². The van der Waals surface area contributed by atoms with Gasteiger partial charge in [-0.3, -0.25) is 9.79 Å². The van der Waals surface area contributed by atoms with E-state index in [2.05, 4.69) is 46.2 Å². The molecule has 6 nitrogen and oxygen atoms in total. The van der Waals surface area contributed by atoms with E-state index in [4.69, 9.17) is 4.74 Å². The van der Waals surface area contributed by atoms with Crippen molar-refractivity contribution in [2.24, 2.45) is 16.8 Å². The third-order valence-corrected chi connectivity index (χ3v) is 4.55. The molecule has 0 radical (unpaired) electrons. The first kappa shape index (κ1) is 18.1. The number of ether oxygens (including phenoxy) is 1. The number of carbonyl (C=O) groups excluding carboxylic acids is 1. The van der Waals surface area contributed by atoms with Gasteiger partial charge in [0.25, 0.3) is 0 Å². The van der Waals surface area contributed by atoms with E-state index >= 15 is 0 Å². The van der Waals surface area contributed by atoms with Crippen molar-refractivity contribution >= 4 is 17.6 Å². The van der Waals surface area contributed by atoms with E-state index < -0.39 is 0 Å². The van der Waals surface area contributed by atoms with E-state index in [9.17, 15) is 4.79 Å². The third kappa shape index (κ3) is 4.40. The normalized spacial score (nSPS) is 20.8. The molecular formula is C18H28N4O2. The minimum atomic E-state index is -0.135. The van der Waals surface area contributed by atoms with Gasteiger partial charge in [0, 0.05) is 46.0 Å². The van der Waals surface area contributed by atoms with Crippen LogP contribution in [0.25, 0.3) is 0 Å². The minimum absolute atomic E-state index is 0.0828. The maximum Gasteiger partial charge on any atom is 0.310 e. The van der Waals surface area contributed by atoms with Crippen LogP contribution in [0.5, 0.6) is 0 Å². The fourth-order valence-corrected chi connectivity index (χ4v) is 3.08. The molecule has 1 aliphatic heterocycles. The molecule has 0 saturated carbocycles. The summed E-state index contributed by atoms with van der Waals surface area (Å²) in [6, 6.07) is 10.3. The molecule has 1 saturated heterocycles. The van der Waals surface area contributed by atoms with Crippen molar-refractivity contribution in [1.29, 1.82) is 0 Å². The fourth-order valence-electron chi connectivity index (χ4n) is 3.08. The van der Waals surface area contributed by atoms with Crippen LogP contribution in [0, 0.1) is 11.8 Å². The molecule has 1 N–H and O–H groups in total. The number of hydrogen-bond acceptors (Lipinski definition) is 4. The Morgan fingerprint density at radius 2 is 2.08 bits per heavy atom. The molecule has 0 bridgehead atoms. The lowest BCUT2D eigenvalue weighted by molar-refractivity contribution is -0.145. The summed E-state index contributed by atoms with van der Waals surface area (Å²) >= 11 is 0. The summed E-state index contributed by atoms with van der Waals surface area (Å²) in [7, 11) is 5.30. The molecule has 2 rings (SSSR count). The van der Waals surface area contributed by atoms with E-state index in [-0.39, 0.29) is 17.8 Å². The van der Waals surface area contributed by atoms with Crippen molar-refractivity contribution in [3.05, 3.63) is 30.3 Å². The summed E-state index contributed by atoms with van der Waals surface area (Å²) in [5, 5.41) is 3.39. The molecule has 6 heteroatoms. The zero-order valence-electron chi connectivity index (χ0n) is 15.0. The molecule has 132 valence electrons. The van der Waals surface area contributed by atoms with Crippen LogP contribution in [-0.4, -0.2) is 64.2 Å². The number of nitrogens with one attached hydrogen (secondary N) is 1.